The van der Waals surface area contributed by atoms with Gasteiger partial charge in [-0.2, -0.15) is 0 Å². The second-order valence-electron chi connectivity index (χ2n) is 5.39. The van der Waals surface area contributed by atoms with Crippen molar-refractivity contribution in [2.75, 3.05) is 0 Å². The van der Waals surface area contributed by atoms with E-state index in [0.29, 0.717) is 6.42 Å². The van der Waals surface area contributed by atoms with Gasteiger partial charge in [-0.05, 0) is 44.7 Å². The lowest BCUT2D eigenvalue weighted by Gasteiger charge is -2.23. The minimum atomic E-state index is -3.69. The number of rotatable bonds is 3. The van der Waals surface area contributed by atoms with Gasteiger partial charge in [0.1, 0.15) is 0 Å². The van der Waals surface area contributed by atoms with Crippen LogP contribution in [-0.2, 0) is 9.84 Å². The van der Waals surface area contributed by atoms with Gasteiger partial charge >= 0.3 is 4.87 Å². The standard InChI is InChI=1S/C16H19NO2S/c1-13-9-11-15(12-10-13)20(18,19)16(2,17-3)14-7-5-4-6-8-14/h7,9-12H,4-6,8H2,1-2H3. The molecule has 106 valence electrons. The molecule has 0 fully saturated rings. The van der Waals surface area contributed by atoms with Crippen molar-refractivity contribution >= 4 is 9.84 Å². The van der Waals surface area contributed by atoms with Crippen molar-refractivity contribution in [1.82, 2.24) is 0 Å². The van der Waals surface area contributed by atoms with E-state index in [0.717, 1.165) is 30.4 Å². The lowest BCUT2D eigenvalue weighted by Crippen LogP contribution is -2.34. The summed E-state index contributed by atoms with van der Waals surface area (Å²) >= 11 is 0. The van der Waals surface area contributed by atoms with E-state index in [4.69, 9.17) is 6.57 Å². The van der Waals surface area contributed by atoms with Crippen LogP contribution in [0.4, 0.5) is 0 Å². The molecule has 1 unspecified atom stereocenters. The van der Waals surface area contributed by atoms with Crippen LogP contribution in [0.2, 0.25) is 0 Å². The monoisotopic (exact) mass is 289 g/mol. The van der Waals surface area contributed by atoms with E-state index >= 15 is 0 Å². The molecular formula is C16H19NO2S. The molecule has 0 bridgehead atoms. The molecule has 0 saturated heterocycles. The molecule has 0 spiro atoms. The van der Waals surface area contributed by atoms with Crippen LogP contribution in [-0.4, -0.2) is 13.3 Å². The molecule has 1 aliphatic carbocycles. The molecule has 0 saturated carbocycles. The highest BCUT2D eigenvalue weighted by Crippen LogP contribution is 2.38. The van der Waals surface area contributed by atoms with E-state index in [1.807, 2.05) is 13.0 Å². The largest absolute Gasteiger partial charge is 0.351 e. The number of sulfone groups is 1. The SMILES string of the molecule is [C-]#[N+]C(C)(C1=CCCCC1)S(=O)(=O)c1ccc(C)cc1. The summed E-state index contributed by atoms with van der Waals surface area (Å²) in [7, 11) is -3.69. The third-order valence-corrected chi connectivity index (χ3v) is 6.25. The van der Waals surface area contributed by atoms with Gasteiger partial charge in [0.25, 0.3) is 9.84 Å². The topological polar surface area (TPSA) is 38.5 Å². The molecule has 4 heteroatoms. The highest BCUT2D eigenvalue weighted by molar-refractivity contribution is 7.93. The first-order chi connectivity index (χ1) is 9.41. The second kappa shape index (κ2) is 5.41. The number of hydrogen-bond donors (Lipinski definition) is 0. The Balaban J connectivity index is 2.52. The minimum absolute atomic E-state index is 0.230. The van der Waals surface area contributed by atoms with Crippen LogP contribution in [0.25, 0.3) is 4.85 Å². The van der Waals surface area contributed by atoms with Crippen LogP contribution in [0.5, 0.6) is 0 Å². The van der Waals surface area contributed by atoms with Gasteiger partial charge in [0, 0.05) is 12.5 Å². The molecule has 1 atom stereocenters. The molecule has 2 rings (SSSR count). The normalized spacial score (nSPS) is 18.8. The van der Waals surface area contributed by atoms with Crippen molar-refractivity contribution in [2.24, 2.45) is 0 Å². The van der Waals surface area contributed by atoms with E-state index < -0.39 is 14.7 Å². The van der Waals surface area contributed by atoms with Crippen LogP contribution in [0.15, 0.2) is 40.8 Å². The average Bonchev–Trinajstić information content (AvgIpc) is 2.47. The molecule has 20 heavy (non-hydrogen) atoms. The summed E-state index contributed by atoms with van der Waals surface area (Å²) in [6.45, 7) is 10.9. The zero-order chi connectivity index (χ0) is 14.8. The number of hydrogen-bond acceptors (Lipinski definition) is 2. The minimum Gasteiger partial charge on any atom is -0.288 e. The van der Waals surface area contributed by atoms with Gasteiger partial charge in [-0.15, -0.1) is 0 Å². The van der Waals surface area contributed by atoms with Gasteiger partial charge in [-0.1, -0.05) is 23.8 Å². The van der Waals surface area contributed by atoms with E-state index in [1.165, 1.54) is 6.92 Å². The van der Waals surface area contributed by atoms with Gasteiger partial charge in [-0.25, -0.2) is 15.0 Å². The van der Waals surface area contributed by atoms with E-state index in [2.05, 4.69) is 4.85 Å². The Morgan fingerprint density at radius 3 is 2.35 bits per heavy atom. The maximum atomic E-state index is 12.8. The number of nitrogens with zero attached hydrogens (tertiary/aromatic N) is 1. The molecule has 0 aromatic heterocycles. The highest BCUT2D eigenvalue weighted by Gasteiger charge is 2.50. The van der Waals surface area contributed by atoms with Gasteiger partial charge in [0.05, 0.1) is 4.90 Å². The number of allylic oxidation sites excluding steroid dienone is 1. The first-order valence-corrected chi connectivity index (χ1v) is 8.29. The fraction of sp³-hybridized carbons (Fsp3) is 0.438. The van der Waals surface area contributed by atoms with Gasteiger partial charge in [-0.3, -0.25) is 4.85 Å². The first kappa shape index (κ1) is 14.8. The summed E-state index contributed by atoms with van der Waals surface area (Å²) < 4.78 is 25.7. The number of aryl methyl sites for hydroxylation is 1. The smallest absolute Gasteiger partial charge is 0.288 e. The van der Waals surface area contributed by atoms with E-state index in [9.17, 15) is 8.42 Å². The summed E-state index contributed by atoms with van der Waals surface area (Å²) in [5.74, 6) is 0. The molecule has 0 amide bonds. The van der Waals surface area contributed by atoms with Crippen molar-refractivity contribution in [1.29, 1.82) is 0 Å². The zero-order valence-corrected chi connectivity index (χ0v) is 12.7. The summed E-state index contributed by atoms with van der Waals surface area (Å²) in [5.41, 5.74) is 1.75. The van der Waals surface area contributed by atoms with Crippen LogP contribution < -0.4 is 0 Å². The van der Waals surface area contributed by atoms with Crippen molar-refractivity contribution in [2.45, 2.75) is 49.3 Å². The van der Waals surface area contributed by atoms with Gasteiger partial charge in [0.2, 0.25) is 0 Å². The summed E-state index contributed by atoms with van der Waals surface area (Å²) in [6, 6.07) is 6.73. The summed E-state index contributed by atoms with van der Waals surface area (Å²) in [5, 5.41) is 0. The number of benzene rings is 1. The van der Waals surface area contributed by atoms with Crippen molar-refractivity contribution < 1.29 is 8.42 Å². The fourth-order valence-corrected chi connectivity index (χ4v) is 4.11. The quantitative estimate of drug-likeness (QED) is 0.625. The van der Waals surface area contributed by atoms with Crippen LogP contribution in [0.1, 0.15) is 38.2 Å². The van der Waals surface area contributed by atoms with Crippen LogP contribution >= 0.6 is 0 Å². The third-order valence-electron chi connectivity index (χ3n) is 3.95. The first-order valence-electron chi connectivity index (χ1n) is 6.81. The molecule has 3 nitrogen and oxygen atoms in total. The molecule has 1 aliphatic rings. The molecule has 0 aliphatic heterocycles. The maximum Gasteiger partial charge on any atom is 0.351 e. The van der Waals surface area contributed by atoms with Crippen molar-refractivity contribution in [3.8, 4) is 0 Å². The Hall–Kier alpha value is -1.60. The van der Waals surface area contributed by atoms with Crippen LogP contribution in [0.3, 0.4) is 0 Å². The average molecular weight is 289 g/mol. The Labute approximate surface area is 121 Å². The highest BCUT2D eigenvalue weighted by atomic mass is 32.2. The molecule has 1 aromatic rings. The molecule has 1 aromatic carbocycles. The Bertz CT molecular complexity index is 665. The Kier molecular flexibility index (Phi) is 4.01. The second-order valence-corrected chi connectivity index (χ2v) is 7.66. The summed E-state index contributed by atoms with van der Waals surface area (Å²) in [4.78, 5) is 2.27. The molecule has 0 heterocycles. The van der Waals surface area contributed by atoms with E-state index in [-0.39, 0.29) is 4.90 Å². The van der Waals surface area contributed by atoms with Crippen molar-refractivity contribution in [3.05, 3.63) is 52.9 Å². The molecular weight excluding hydrogens is 270 g/mol. The fourth-order valence-electron chi connectivity index (χ4n) is 2.51. The Morgan fingerprint density at radius 2 is 1.85 bits per heavy atom. The predicted molar refractivity (Wildman–Crippen MR) is 79.9 cm³/mol. The molecule has 0 N–H and O–H groups in total. The third kappa shape index (κ3) is 2.38. The van der Waals surface area contributed by atoms with Crippen molar-refractivity contribution in [3.63, 3.8) is 0 Å². The lowest BCUT2D eigenvalue weighted by atomic mass is 9.95. The maximum absolute atomic E-state index is 12.8. The Morgan fingerprint density at radius 1 is 1.20 bits per heavy atom. The van der Waals surface area contributed by atoms with Gasteiger partial charge in [0.15, 0.2) is 0 Å². The zero-order valence-electron chi connectivity index (χ0n) is 11.9. The van der Waals surface area contributed by atoms with Crippen LogP contribution in [0, 0.1) is 13.5 Å². The predicted octanol–water partition coefficient (Wildman–Crippen LogP) is 3.90. The van der Waals surface area contributed by atoms with Gasteiger partial charge < -0.3 is 0 Å². The molecule has 0 radical (unpaired) electrons. The lowest BCUT2D eigenvalue weighted by molar-refractivity contribution is 0.564. The van der Waals surface area contributed by atoms with E-state index in [1.54, 1.807) is 24.3 Å². The summed E-state index contributed by atoms with van der Waals surface area (Å²) in [6.07, 6.45) is 5.53.